The highest BCUT2D eigenvalue weighted by atomic mass is 19.4. The van der Waals surface area contributed by atoms with Crippen molar-refractivity contribution in [1.29, 1.82) is 0 Å². The van der Waals surface area contributed by atoms with E-state index in [1.165, 1.54) is 12.3 Å². The van der Waals surface area contributed by atoms with E-state index in [-0.39, 0.29) is 24.5 Å². The van der Waals surface area contributed by atoms with Gasteiger partial charge in [-0.05, 0) is 31.5 Å². The highest BCUT2D eigenvalue weighted by Gasteiger charge is 2.58. The molecule has 1 aliphatic rings. The van der Waals surface area contributed by atoms with Gasteiger partial charge in [0.25, 0.3) is 0 Å². The lowest BCUT2D eigenvalue weighted by molar-refractivity contribution is -0.253. The number of halogens is 3. The fraction of sp³-hybridized carbons (Fsp3) is 0.545. The number of alkyl halides is 3. The van der Waals surface area contributed by atoms with E-state index in [1.807, 2.05) is 0 Å². The molecule has 0 amide bonds. The first-order chi connectivity index (χ1) is 8.45. The molecule has 0 aliphatic carbocycles. The Bertz CT molecular complexity index is 416. The molecular weight excluding hydrogens is 247 g/mol. The van der Waals surface area contributed by atoms with E-state index in [9.17, 15) is 13.2 Å². The molecule has 0 spiro atoms. The summed E-state index contributed by atoms with van der Waals surface area (Å²) in [4.78, 5) is 3.76. The maximum Gasteiger partial charge on any atom is 0.429 e. The van der Waals surface area contributed by atoms with Crippen LogP contribution in [0.4, 0.5) is 18.9 Å². The van der Waals surface area contributed by atoms with Crippen LogP contribution in [-0.4, -0.2) is 29.9 Å². The van der Waals surface area contributed by atoms with Gasteiger partial charge in [0, 0.05) is 12.7 Å². The topological polar surface area (TPSA) is 60.2 Å². The van der Waals surface area contributed by atoms with Crippen LogP contribution in [0.5, 0.6) is 5.88 Å². The second kappa shape index (κ2) is 4.64. The molecule has 1 fully saturated rings. The number of nitrogens with two attached hydrogens (primary N) is 1. The standard InChI is InChI=1S/C11H14F3N3O/c12-11(13,14)10(4-2-5-16-7-10)18-9-8(15)3-1-6-17-9/h1,3,6,16H,2,4-5,7,15H2. The van der Waals surface area contributed by atoms with Gasteiger partial charge in [0.05, 0.1) is 5.69 Å². The molecule has 3 N–H and O–H groups in total. The van der Waals surface area contributed by atoms with Gasteiger partial charge in [0.1, 0.15) is 0 Å². The van der Waals surface area contributed by atoms with Crippen LogP contribution in [0, 0.1) is 0 Å². The predicted octanol–water partition coefficient (Wildman–Crippen LogP) is 1.73. The average molecular weight is 261 g/mol. The van der Waals surface area contributed by atoms with Crippen LogP contribution in [0.25, 0.3) is 0 Å². The van der Waals surface area contributed by atoms with Gasteiger partial charge < -0.3 is 15.8 Å². The molecule has 1 saturated heterocycles. The molecule has 0 saturated carbocycles. The lowest BCUT2D eigenvalue weighted by Gasteiger charge is -2.38. The minimum Gasteiger partial charge on any atom is -0.458 e. The lowest BCUT2D eigenvalue weighted by atomic mass is 9.93. The maximum absolute atomic E-state index is 13.2. The molecule has 1 unspecified atom stereocenters. The molecule has 0 bridgehead atoms. The Hall–Kier alpha value is -1.50. The van der Waals surface area contributed by atoms with Gasteiger partial charge in [-0.25, -0.2) is 4.98 Å². The number of hydrogen-bond acceptors (Lipinski definition) is 4. The molecule has 100 valence electrons. The number of hydrogen-bond donors (Lipinski definition) is 2. The second-order valence-corrected chi connectivity index (χ2v) is 4.27. The van der Waals surface area contributed by atoms with Crippen molar-refractivity contribution in [3.05, 3.63) is 18.3 Å². The summed E-state index contributed by atoms with van der Waals surface area (Å²) in [5.74, 6) is -0.168. The SMILES string of the molecule is Nc1cccnc1OC1(C(F)(F)F)CCCNC1. The fourth-order valence-corrected chi connectivity index (χ4v) is 1.94. The summed E-state index contributed by atoms with van der Waals surface area (Å²) in [5.41, 5.74) is 3.43. The molecule has 18 heavy (non-hydrogen) atoms. The molecule has 0 radical (unpaired) electrons. The Morgan fingerprint density at radius 2 is 2.22 bits per heavy atom. The molecule has 2 rings (SSSR count). The number of aromatic nitrogens is 1. The van der Waals surface area contributed by atoms with E-state index in [4.69, 9.17) is 10.5 Å². The molecule has 4 nitrogen and oxygen atoms in total. The maximum atomic E-state index is 13.2. The summed E-state index contributed by atoms with van der Waals surface area (Å²) in [6.45, 7) is 0.269. The summed E-state index contributed by atoms with van der Waals surface area (Å²) in [6.07, 6.45) is -2.82. The van der Waals surface area contributed by atoms with Crippen LogP contribution < -0.4 is 15.8 Å². The summed E-state index contributed by atoms with van der Waals surface area (Å²) in [7, 11) is 0. The number of ether oxygens (including phenoxy) is 1. The van der Waals surface area contributed by atoms with Crippen molar-refractivity contribution in [1.82, 2.24) is 10.3 Å². The minimum absolute atomic E-state index is 0.0977. The van der Waals surface area contributed by atoms with Crippen LogP contribution in [0.1, 0.15) is 12.8 Å². The highest BCUT2D eigenvalue weighted by Crippen LogP contribution is 2.39. The minimum atomic E-state index is -4.47. The van der Waals surface area contributed by atoms with Gasteiger partial charge in [-0.15, -0.1) is 0 Å². The Labute approximate surface area is 102 Å². The van der Waals surface area contributed by atoms with Crippen LogP contribution in [-0.2, 0) is 0 Å². The third kappa shape index (κ3) is 2.35. The highest BCUT2D eigenvalue weighted by molar-refractivity contribution is 5.47. The first-order valence-electron chi connectivity index (χ1n) is 5.62. The number of rotatable bonds is 2. The number of pyridine rings is 1. The third-order valence-electron chi connectivity index (χ3n) is 2.95. The quantitative estimate of drug-likeness (QED) is 0.851. The normalized spacial score (nSPS) is 24.8. The van der Waals surface area contributed by atoms with Crippen molar-refractivity contribution in [2.75, 3.05) is 18.8 Å². The number of nitrogens with zero attached hydrogens (tertiary/aromatic N) is 1. The van der Waals surface area contributed by atoms with Crippen molar-refractivity contribution in [2.24, 2.45) is 0 Å². The van der Waals surface area contributed by atoms with Gasteiger partial charge in [0.2, 0.25) is 11.5 Å². The van der Waals surface area contributed by atoms with Crippen molar-refractivity contribution in [3.63, 3.8) is 0 Å². The first-order valence-corrected chi connectivity index (χ1v) is 5.62. The van der Waals surface area contributed by atoms with Gasteiger partial charge in [-0.2, -0.15) is 13.2 Å². The van der Waals surface area contributed by atoms with Crippen molar-refractivity contribution in [2.45, 2.75) is 24.6 Å². The van der Waals surface area contributed by atoms with Crippen LogP contribution in [0.2, 0.25) is 0 Å². The van der Waals surface area contributed by atoms with E-state index in [2.05, 4.69) is 10.3 Å². The third-order valence-corrected chi connectivity index (χ3v) is 2.95. The van der Waals surface area contributed by atoms with Crippen molar-refractivity contribution < 1.29 is 17.9 Å². The van der Waals surface area contributed by atoms with E-state index < -0.39 is 11.8 Å². The Morgan fingerprint density at radius 3 is 2.78 bits per heavy atom. The van der Waals surface area contributed by atoms with E-state index in [0.717, 1.165) is 0 Å². The zero-order chi connectivity index (χ0) is 13.2. The summed E-state index contributed by atoms with van der Waals surface area (Å²) in [6, 6.07) is 3.00. The molecule has 1 aromatic heterocycles. The molecule has 0 aromatic carbocycles. The monoisotopic (exact) mass is 261 g/mol. The second-order valence-electron chi connectivity index (χ2n) is 4.27. The molecule has 1 aliphatic heterocycles. The van der Waals surface area contributed by atoms with Crippen LogP contribution in [0.3, 0.4) is 0 Å². The number of nitrogen functional groups attached to an aromatic ring is 1. The molecule has 7 heteroatoms. The van der Waals surface area contributed by atoms with E-state index in [1.54, 1.807) is 6.07 Å². The predicted molar refractivity (Wildman–Crippen MR) is 60.2 cm³/mol. The number of piperidine rings is 1. The van der Waals surface area contributed by atoms with Crippen LogP contribution in [0.15, 0.2) is 18.3 Å². The summed E-state index contributed by atoms with van der Waals surface area (Å²) < 4.78 is 44.7. The van der Waals surface area contributed by atoms with E-state index in [0.29, 0.717) is 13.0 Å². The Kier molecular flexibility index (Phi) is 3.34. The zero-order valence-corrected chi connectivity index (χ0v) is 9.63. The number of anilines is 1. The molecular formula is C11H14F3N3O. The Morgan fingerprint density at radius 1 is 1.44 bits per heavy atom. The van der Waals surface area contributed by atoms with Gasteiger partial charge in [0.15, 0.2) is 0 Å². The fourth-order valence-electron chi connectivity index (χ4n) is 1.94. The average Bonchev–Trinajstić information content (AvgIpc) is 2.32. The number of nitrogens with one attached hydrogen (secondary N) is 1. The first kappa shape index (κ1) is 12.9. The molecule has 1 atom stereocenters. The van der Waals surface area contributed by atoms with Crippen LogP contribution >= 0.6 is 0 Å². The molecule has 1 aromatic rings. The molecule has 2 heterocycles. The smallest absolute Gasteiger partial charge is 0.429 e. The van der Waals surface area contributed by atoms with Gasteiger partial charge in [-0.3, -0.25) is 0 Å². The van der Waals surface area contributed by atoms with Gasteiger partial charge >= 0.3 is 6.18 Å². The zero-order valence-electron chi connectivity index (χ0n) is 9.63. The lowest BCUT2D eigenvalue weighted by Crippen LogP contribution is -2.59. The largest absolute Gasteiger partial charge is 0.458 e. The Balaban J connectivity index is 2.29. The van der Waals surface area contributed by atoms with Gasteiger partial charge in [-0.1, -0.05) is 0 Å². The summed E-state index contributed by atoms with van der Waals surface area (Å²) in [5, 5.41) is 2.71. The van der Waals surface area contributed by atoms with Crippen molar-refractivity contribution >= 4 is 5.69 Å². The van der Waals surface area contributed by atoms with Crippen molar-refractivity contribution in [3.8, 4) is 5.88 Å². The summed E-state index contributed by atoms with van der Waals surface area (Å²) >= 11 is 0. The van der Waals surface area contributed by atoms with E-state index >= 15 is 0 Å².